The van der Waals surface area contributed by atoms with Gasteiger partial charge in [-0.05, 0) is 78.7 Å². The number of ether oxygens (including phenoxy) is 2. The highest BCUT2D eigenvalue weighted by Crippen LogP contribution is 2.30. The summed E-state index contributed by atoms with van der Waals surface area (Å²) in [6.45, 7) is 6.00. The number of aryl methyl sites for hydroxylation is 3. The number of carbonyl (C=O) groups excluding carboxylic acids is 1. The summed E-state index contributed by atoms with van der Waals surface area (Å²) in [5, 5.41) is 2.75. The SMILES string of the molecule is COc1ccc(S(=O)(=O)N(CC(=O)NCCOc2ccc(C)cc2C)c2ccc(C)cc2)cc1Br. The van der Waals surface area contributed by atoms with Crippen LogP contribution in [0, 0.1) is 20.8 Å². The number of carbonyl (C=O) groups is 1. The molecule has 1 N–H and O–H groups in total. The molecule has 3 aromatic rings. The number of nitrogens with one attached hydrogen (secondary N) is 1. The molecule has 0 heterocycles. The van der Waals surface area contributed by atoms with Crippen molar-refractivity contribution in [1.82, 2.24) is 5.32 Å². The fourth-order valence-electron chi connectivity index (χ4n) is 3.46. The Hall–Kier alpha value is -3.04. The minimum Gasteiger partial charge on any atom is -0.496 e. The third kappa shape index (κ3) is 6.76. The topological polar surface area (TPSA) is 84.9 Å². The van der Waals surface area contributed by atoms with Crippen molar-refractivity contribution in [3.63, 3.8) is 0 Å². The van der Waals surface area contributed by atoms with E-state index in [9.17, 15) is 13.2 Å². The zero-order valence-corrected chi connectivity index (χ0v) is 22.6. The molecule has 0 aromatic heterocycles. The number of halogens is 1. The van der Waals surface area contributed by atoms with Gasteiger partial charge in [-0.15, -0.1) is 0 Å². The predicted octanol–water partition coefficient (Wildman–Crippen LogP) is 4.77. The summed E-state index contributed by atoms with van der Waals surface area (Å²) < 4.78 is 39.6. The van der Waals surface area contributed by atoms with E-state index >= 15 is 0 Å². The molecule has 0 aliphatic heterocycles. The number of sulfonamides is 1. The molecule has 0 fully saturated rings. The maximum absolute atomic E-state index is 13.5. The van der Waals surface area contributed by atoms with Crippen molar-refractivity contribution in [2.45, 2.75) is 25.7 Å². The number of hydrogen-bond acceptors (Lipinski definition) is 5. The molecule has 9 heteroatoms. The molecule has 35 heavy (non-hydrogen) atoms. The fraction of sp³-hybridized carbons (Fsp3) is 0.269. The Kier molecular flexibility index (Phi) is 8.80. The molecule has 7 nitrogen and oxygen atoms in total. The van der Waals surface area contributed by atoms with Crippen LogP contribution in [-0.2, 0) is 14.8 Å². The lowest BCUT2D eigenvalue weighted by molar-refractivity contribution is -0.119. The van der Waals surface area contributed by atoms with Gasteiger partial charge in [0.25, 0.3) is 10.0 Å². The smallest absolute Gasteiger partial charge is 0.264 e. The summed E-state index contributed by atoms with van der Waals surface area (Å²) in [6, 6.07) is 17.3. The molecule has 3 rings (SSSR count). The quantitative estimate of drug-likeness (QED) is 0.361. The third-order valence-corrected chi connectivity index (χ3v) is 7.72. The number of hydrogen-bond donors (Lipinski definition) is 1. The summed E-state index contributed by atoms with van der Waals surface area (Å²) >= 11 is 3.33. The van der Waals surface area contributed by atoms with E-state index in [0.29, 0.717) is 15.9 Å². The molecule has 0 aliphatic rings. The molecule has 0 saturated carbocycles. The fourth-order valence-corrected chi connectivity index (χ4v) is 5.60. The van der Waals surface area contributed by atoms with Crippen LogP contribution in [0.3, 0.4) is 0 Å². The zero-order chi connectivity index (χ0) is 25.6. The Bertz CT molecular complexity index is 1290. The second-order valence-corrected chi connectivity index (χ2v) is 10.8. The highest BCUT2D eigenvalue weighted by atomic mass is 79.9. The van der Waals surface area contributed by atoms with E-state index in [0.717, 1.165) is 26.7 Å². The first-order valence-corrected chi connectivity index (χ1v) is 13.2. The number of benzene rings is 3. The lowest BCUT2D eigenvalue weighted by atomic mass is 10.1. The second kappa shape index (κ2) is 11.6. The van der Waals surface area contributed by atoms with E-state index in [2.05, 4.69) is 21.2 Å². The van der Waals surface area contributed by atoms with Crippen LogP contribution in [0.15, 0.2) is 70.0 Å². The van der Waals surface area contributed by atoms with Crippen LogP contribution < -0.4 is 19.1 Å². The van der Waals surface area contributed by atoms with Gasteiger partial charge < -0.3 is 14.8 Å². The van der Waals surface area contributed by atoms with Crippen LogP contribution in [-0.4, -0.2) is 41.1 Å². The molecule has 0 spiro atoms. The maximum Gasteiger partial charge on any atom is 0.264 e. The zero-order valence-electron chi connectivity index (χ0n) is 20.2. The minimum atomic E-state index is -4.04. The second-order valence-electron chi connectivity index (χ2n) is 8.11. The molecular formula is C26H29BrN2O5S. The summed E-state index contributed by atoms with van der Waals surface area (Å²) in [4.78, 5) is 12.8. The number of amides is 1. The van der Waals surface area contributed by atoms with Gasteiger partial charge in [0, 0.05) is 0 Å². The normalized spacial score (nSPS) is 11.1. The molecule has 0 atom stereocenters. The van der Waals surface area contributed by atoms with E-state index in [1.165, 1.54) is 19.2 Å². The van der Waals surface area contributed by atoms with Crippen LogP contribution in [0.1, 0.15) is 16.7 Å². The Labute approximate surface area is 215 Å². The first-order chi connectivity index (χ1) is 16.6. The summed E-state index contributed by atoms with van der Waals surface area (Å²) in [7, 11) is -2.54. The van der Waals surface area contributed by atoms with Gasteiger partial charge in [0.15, 0.2) is 0 Å². The van der Waals surface area contributed by atoms with E-state index < -0.39 is 15.9 Å². The monoisotopic (exact) mass is 560 g/mol. The van der Waals surface area contributed by atoms with Crippen molar-refractivity contribution in [3.8, 4) is 11.5 Å². The maximum atomic E-state index is 13.5. The van der Waals surface area contributed by atoms with Gasteiger partial charge in [-0.2, -0.15) is 0 Å². The van der Waals surface area contributed by atoms with Crippen LogP contribution in [0.5, 0.6) is 11.5 Å². The van der Waals surface area contributed by atoms with E-state index in [1.54, 1.807) is 30.3 Å². The Balaban J connectivity index is 1.74. The Morgan fingerprint density at radius 1 is 0.943 bits per heavy atom. The number of rotatable bonds is 10. The number of nitrogens with zero attached hydrogens (tertiary/aromatic N) is 1. The average molecular weight is 561 g/mol. The standard InChI is InChI=1S/C26H29BrN2O5S/c1-18-5-8-21(9-6-18)29(35(31,32)22-10-12-25(33-4)23(27)16-22)17-26(30)28-13-14-34-24-11-7-19(2)15-20(24)3/h5-12,15-16H,13-14,17H2,1-4H3,(H,28,30). The van der Waals surface area contributed by atoms with Gasteiger partial charge in [-0.25, -0.2) is 8.42 Å². The van der Waals surface area contributed by atoms with E-state index in [4.69, 9.17) is 9.47 Å². The van der Waals surface area contributed by atoms with E-state index in [-0.39, 0.29) is 24.6 Å². The van der Waals surface area contributed by atoms with Crippen LogP contribution in [0.25, 0.3) is 0 Å². The highest BCUT2D eigenvalue weighted by molar-refractivity contribution is 9.10. The summed E-state index contributed by atoms with van der Waals surface area (Å²) in [5.74, 6) is 0.817. The van der Waals surface area contributed by atoms with Gasteiger partial charge in [-0.3, -0.25) is 9.10 Å². The number of anilines is 1. The third-order valence-electron chi connectivity index (χ3n) is 5.33. The van der Waals surface area contributed by atoms with Gasteiger partial charge in [0.1, 0.15) is 24.7 Å². The van der Waals surface area contributed by atoms with Crippen LogP contribution >= 0.6 is 15.9 Å². The molecule has 0 radical (unpaired) electrons. The van der Waals surface area contributed by atoms with Gasteiger partial charge >= 0.3 is 0 Å². The predicted molar refractivity (Wildman–Crippen MR) is 141 cm³/mol. The summed E-state index contributed by atoms with van der Waals surface area (Å²) in [6.07, 6.45) is 0. The Morgan fingerprint density at radius 2 is 1.60 bits per heavy atom. The van der Waals surface area contributed by atoms with Crippen molar-refractivity contribution in [2.75, 3.05) is 31.1 Å². The van der Waals surface area contributed by atoms with Gasteiger partial charge in [0.2, 0.25) is 5.91 Å². The molecular weight excluding hydrogens is 532 g/mol. The molecule has 0 saturated heterocycles. The van der Waals surface area contributed by atoms with E-state index in [1.807, 2.05) is 39.0 Å². The molecule has 1 amide bonds. The Morgan fingerprint density at radius 3 is 2.23 bits per heavy atom. The van der Waals surface area contributed by atoms with Crippen LogP contribution in [0.4, 0.5) is 5.69 Å². The van der Waals surface area contributed by atoms with Crippen molar-refractivity contribution >= 4 is 37.5 Å². The first kappa shape index (κ1) is 26.6. The lowest BCUT2D eigenvalue weighted by Crippen LogP contribution is -2.42. The highest BCUT2D eigenvalue weighted by Gasteiger charge is 2.28. The lowest BCUT2D eigenvalue weighted by Gasteiger charge is -2.24. The first-order valence-electron chi connectivity index (χ1n) is 11.0. The van der Waals surface area contributed by atoms with Crippen molar-refractivity contribution < 1.29 is 22.7 Å². The summed E-state index contributed by atoms with van der Waals surface area (Å²) in [5.41, 5.74) is 3.53. The van der Waals surface area contributed by atoms with Crippen molar-refractivity contribution in [2.24, 2.45) is 0 Å². The van der Waals surface area contributed by atoms with Crippen molar-refractivity contribution in [1.29, 1.82) is 0 Å². The largest absolute Gasteiger partial charge is 0.496 e. The van der Waals surface area contributed by atoms with Crippen molar-refractivity contribution in [3.05, 3.63) is 81.8 Å². The van der Waals surface area contributed by atoms with Crippen LogP contribution in [0.2, 0.25) is 0 Å². The van der Waals surface area contributed by atoms with Gasteiger partial charge in [-0.1, -0.05) is 35.4 Å². The number of methoxy groups -OCH3 is 1. The molecule has 186 valence electrons. The molecule has 0 aliphatic carbocycles. The average Bonchev–Trinajstić information content (AvgIpc) is 2.82. The molecule has 3 aromatic carbocycles. The van der Waals surface area contributed by atoms with Gasteiger partial charge in [0.05, 0.1) is 28.7 Å². The molecule has 0 bridgehead atoms. The molecule has 0 unspecified atom stereocenters. The minimum absolute atomic E-state index is 0.0386.